The molecule has 1 aliphatic heterocycles. The predicted molar refractivity (Wildman–Crippen MR) is 125 cm³/mol. The number of H-pyrrole nitrogens is 1. The predicted octanol–water partition coefficient (Wildman–Crippen LogP) is 1.81. The topological polar surface area (TPSA) is 120 Å². The van der Waals surface area contributed by atoms with Crippen molar-refractivity contribution < 1.29 is 23.8 Å². The van der Waals surface area contributed by atoms with Crippen molar-refractivity contribution in [3.05, 3.63) is 71.1 Å². The first kappa shape index (κ1) is 23.9. The Bertz CT molecular complexity index is 1340. The Hall–Kier alpha value is -4.23. The van der Waals surface area contributed by atoms with Gasteiger partial charge in [-0.1, -0.05) is 30.0 Å². The van der Waals surface area contributed by atoms with Gasteiger partial charge in [-0.05, 0) is 43.7 Å². The van der Waals surface area contributed by atoms with Gasteiger partial charge in [-0.25, -0.2) is 9.37 Å². The molecule has 10 heteroatoms. The molecule has 2 amide bonds. The SMILES string of the molecule is CN1C(=O)[C@H](NC(=O)c2n[nH]c(Cc3ccccc3F)n2)COc2ccc(C#CC(C)(C)O)cc21. The van der Waals surface area contributed by atoms with Crippen molar-refractivity contribution >= 4 is 17.5 Å². The summed E-state index contributed by atoms with van der Waals surface area (Å²) in [5, 5.41) is 19.0. The Kier molecular flexibility index (Phi) is 6.53. The van der Waals surface area contributed by atoms with Crippen LogP contribution in [0.1, 0.15) is 41.4 Å². The summed E-state index contributed by atoms with van der Waals surface area (Å²) in [5.74, 6) is 4.75. The normalized spacial score (nSPS) is 15.4. The minimum Gasteiger partial charge on any atom is -0.489 e. The van der Waals surface area contributed by atoms with Gasteiger partial charge in [0, 0.05) is 19.0 Å². The van der Waals surface area contributed by atoms with E-state index in [4.69, 9.17) is 4.74 Å². The van der Waals surface area contributed by atoms with E-state index < -0.39 is 23.5 Å². The number of carbonyl (C=O) groups excluding carboxylic acids is 2. The quantitative estimate of drug-likeness (QED) is 0.493. The molecule has 3 aromatic rings. The van der Waals surface area contributed by atoms with Crippen molar-refractivity contribution in [2.24, 2.45) is 0 Å². The van der Waals surface area contributed by atoms with Crippen molar-refractivity contribution in [1.82, 2.24) is 20.5 Å². The number of hydrogen-bond acceptors (Lipinski definition) is 6. The molecule has 35 heavy (non-hydrogen) atoms. The Labute approximate surface area is 201 Å². The number of hydrogen-bond donors (Lipinski definition) is 3. The first-order valence-electron chi connectivity index (χ1n) is 10.9. The van der Waals surface area contributed by atoms with E-state index in [0.717, 1.165) is 0 Å². The number of aliphatic hydroxyl groups is 1. The number of nitrogens with one attached hydrogen (secondary N) is 2. The largest absolute Gasteiger partial charge is 0.489 e. The van der Waals surface area contributed by atoms with Gasteiger partial charge in [0.05, 0.1) is 5.69 Å². The summed E-state index contributed by atoms with van der Waals surface area (Å²) in [5.41, 5.74) is 0.337. The number of anilines is 1. The highest BCUT2D eigenvalue weighted by atomic mass is 19.1. The van der Waals surface area contributed by atoms with Crippen LogP contribution in [0, 0.1) is 17.7 Å². The van der Waals surface area contributed by atoms with Crippen molar-refractivity contribution in [2.45, 2.75) is 31.9 Å². The van der Waals surface area contributed by atoms with E-state index in [0.29, 0.717) is 28.4 Å². The average molecular weight is 477 g/mol. The van der Waals surface area contributed by atoms with Crippen LogP contribution in [0.25, 0.3) is 0 Å². The second-order valence-corrected chi connectivity index (χ2v) is 8.60. The van der Waals surface area contributed by atoms with Crippen LogP contribution in [0.3, 0.4) is 0 Å². The number of aromatic amines is 1. The fourth-order valence-electron chi connectivity index (χ4n) is 3.43. The number of benzene rings is 2. The van der Waals surface area contributed by atoms with Crippen molar-refractivity contribution in [1.29, 1.82) is 0 Å². The first-order valence-corrected chi connectivity index (χ1v) is 10.9. The van der Waals surface area contributed by atoms with Crippen molar-refractivity contribution in [2.75, 3.05) is 18.6 Å². The highest BCUT2D eigenvalue weighted by Crippen LogP contribution is 2.31. The Morgan fingerprint density at radius 3 is 2.86 bits per heavy atom. The zero-order valence-corrected chi connectivity index (χ0v) is 19.4. The standard InChI is InChI=1S/C25H24FN5O4/c1-25(2,34)11-10-15-8-9-20-19(12-15)31(3)24(33)18(14-35-20)27-23(32)22-28-21(29-30-22)13-16-6-4-5-7-17(16)26/h4-9,12,18,34H,13-14H2,1-3H3,(H,27,32)(H,28,29,30)/t18-/m1/s1. The van der Waals surface area contributed by atoms with E-state index in [1.54, 1.807) is 57.3 Å². The van der Waals surface area contributed by atoms with Crippen LogP contribution < -0.4 is 15.0 Å². The maximum atomic E-state index is 13.9. The molecule has 0 saturated carbocycles. The van der Waals surface area contributed by atoms with Gasteiger partial charge in [-0.15, -0.1) is 5.10 Å². The number of aromatic nitrogens is 3. The first-order chi connectivity index (χ1) is 16.6. The summed E-state index contributed by atoms with van der Waals surface area (Å²) in [7, 11) is 1.57. The van der Waals surface area contributed by atoms with E-state index in [9.17, 15) is 19.1 Å². The molecule has 0 aliphatic carbocycles. The second kappa shape index (κ2) is 9.56. The minimum atomic E-state index is -1.16. The molecule has 0 bridgehead atoms. The Morgan fingerprint density at radius 2 is 2.11 bits per heavy atom. The fourth-order valence-corrected chi connectivity index (χ4v) is 3.43. The molecule has 1 aromatic heterocycles. The van der Waals surface area contributed by atoms with E-state index in [1.165, 1.54) is 11.0 Å². The summed E-state index contributed by atoms with van der Waals surface area (Å²) in [6.45, 7) is 3.06. The zero-order valence-electron chi connectivity index (χ0n) is 19.4. The molecule has 9 nitrogen and oxygen atoms in total. The number of halogens is 1. The van der Waals surface area contributed by atoms with Gasteiger partial charge < -0.3 is 20.1 Å². The molecule has 1 aliphatic rings. The highest BCUT2D eigenvalue weighted by molar-refractivity contribution is 6.02. The summed E-state index contributed by atoms with van der Waals surface area (Å²) < 4.78 is 19.7. The van der Waals surface area contributed by atoms with Crippen LogP contribution in [-0.4, -0.2) is 57.4 Å². The molecule has 180 valence electrons. The molecular weight excluding hydrogens is 453 g/mol. The molecular formula is C25H24FN5O4. The molecule has 1 atom stereocenters. The van der Waals surface area contributed by atoms with E-state index in [2.05, 4.69) is 32.3 Å². The molecule has 0 fully saturated rings. The Balaban J connectivity index is 1.46. The summed E-state index contributed by atoms with van der Waals surface area (Å²) in [6.07, 6.45) is 0.134. The lowest BCUT2D eigenvalue weighted by molar-refractivity contribution is -0.120. The number of ether oxygens (including phenoxy) is 1. The number of carbonyl (C=O) groups is 2. The number of likely N-dealkylation sites (N-methyl/N-ethyl adjacent to an activating group) is 1. The highest BCUT2D eigenvalue weighted by Gasteiger charge is 2.31. The summed E-state index contributed by atoms with van der Waals surface area (Å²) in [6, 6.07) is 10.4. The molecule has 2 aromatic carbocycles. The van der Waals surface area contributed by atoms with Crippen LogP contribution in [-0.2, 0) is 11.2 Å². The minimum absolute atomic E-state index is 0.0941. The van der Waals surface area contributed by atoms with E-state index in [1.807, 2.05) is 0 Å². The smallest absolute Gasteiger partial charge is 0.291 e. The third-order valence-electron chi connectivity index (χ3n) is 5.22. The maximum Gasteiger partial charge on any atom is 0.291 e. The third-order valence-corrected chi connectivity index (χ3v) is 5.22. The van der Waals surface area contributed by atoms with E-state index in [-0.39, 0.29) is 24.7 Å². The second-order valence-electron chi connectivity index (χ2n) is 8.60. The monoisotopic (exact) mass is 477 g/mol. The molecule has 0 saturated heterocycles. The van der Waals surface area contributed by atoms with Gasteiger partial charge in [0.1, 0.15) is 35.6 Å². The lowest BCUT2D eigenvalue weighted by atomic mass is 10.1. The van der Waals surface area contributed by atoms with Gasteiger partial charge in [0.25, 0.3) is 11.8 Å². The molecule has 3 N–H and O–H groups in total. The lowest BCUT2D eigenvalue weighted by Gasteiger charge is -2.20. The van der Waals surface area contributed by atoms with Crippen LogP contribution >= 0.6 is 0 Å². The van der Waals surface area contributed by atoms with Gasteiger partial charge in [0.15, 0.2) is 0 Å². The van der Waals surface area contributed by atoms with Crippen LogP contribution in [0.4, 0.5) is 10.1 Å². The number of rotatable bonds is 4. The molecule has 4 rings (SSSR count). The number of fused-ring (bicyclic) bond motifs is 1. The maximum absolute atomic E-state index is 13.9. The molecule has 0 unspecified atom stereocenters. The molecule has 0 radical (unpaired) electrons. The lowest BCUT2D eigenvalue weighted by Crippen LogP contribution is -2.49. The van der Waals surface area contributed by atoms with Crippen LogP contribution in [0.2, 0.25) is 0 Å². The van der Waals surface area contributed by atoms with Gasteiger partial charge in [-0.3, -0.25) is 14.7 Å². The average Bonchev–Trinajstić information content (AvgIpc) is 3.25. The zero-order chi connectivity index (χ0) is 25.2. The van der Waals surface area contributed by atoms with Crippen molar-refractivity contribution in [3.8, 4) is 17.6 Å². The van der Waals surface area contributed by atoms with Crippen molar-refractivity contribution in [3.63, 3.8) is 0 Å². The van der Waals surface area contributed by atoms with Gasteiger partial charge >= 0.3 is 0 Å². The summed E-state index contributed by atoms with van der Waals surface area (Å²) in [4.78, 5) is 31.3. The van der Waals surface area contributed by atoms with Gasteiger partial charge in [0.2, 0.25) is 5.82 Å². The van der Waals surface area contributed by atoms with Crippen LogP contribution in [0.15, 0.2) is 42.5 Å². The Morgan fingerprint density at radius 1 is 1.34 bits per heavy atom. The third kappa shape index (κ3) is 5.65. The molecule has 2 heterocycles. The van der Waals surface area contributed by atoms with E-state index >= 15 is 0 Å². The number of nitrogens with zero attached hydrogens (tertiary/aromatic N) is 3. The number of amides is 2. The van der Waals surface area contributed by atoms with Crippen LogP contribution in [0.5, 0.6) is 5.75 Å². The summed E-state index contributed by atoms with van der Waals surface area (Å²) >= 11 is 0. The van der Waals surface area contributed by atoms with Gasteiger partial charge in [-0.2, -0.15) is 0 Å². The fraction of sp³-hybridized carbons (Fsp3) is 0.280. The molecule has 0 spiro atoms.